The fourth-order valence-corrected chi connectivity index (χ4v) is 3.14. The summed E-state index contributed by atoms with van der Waals surface area (Å²) in [5.74, 6) is 0.830. The van der Waals surface area contributed by atoms with Gasteiger partial charge in [0.05, 0.1) is 24.1 Å². The van der Waals surface area contributed by atoms with E-state index in [1.165, 1.54) is 6.07 Å². The second-order valence-electron chi connectivity index (χ2n) is 6.48. The molecule has 0 aliphatic heterocycles. The van der Waals surface area contributed by atoms with E-state index in [0.29, 0.717) is 35.3 Å². The summed E-state index contributed by atoms with van der Waals surface area (Å²) in [5, 5.41) is 19.5. The number of rotatable bonds is 4. The Bertz CT molecular complexity index is 1010. The molecule has 0 bridgehead atoms. The van der Waals surface area contributed by atoms with Crippen LogP contribution in [0.25, 0.3) is 10.9 Å². The molecule has 0 radical (unpaired) electrons. The molecule has 1 aromatic carbocycles. The quantitative estimate of drug-likeness (QED) is 0.909. The van der Waals surface area contributed by atoms with Crippen LogP contribution in [-0.2, 0) is 0 Å². The Labute approximate surface area is 151 Å². The summed E-state index contributed by atoms with van der Waals surface area (Å²) in [6.45, 7) is 6.11. The maximum Gasteiger partial charge on any atom is 0.262 e. The third-order valence-corrected chi connectivity index (χ3v) is 4.38. The molecule has 0 fully saturated rings. The second-order valence-corrected chi connectivity index (χ2v) is 6.48. The molecule has 3 rings (SSSR count). The van der Waals surface area contributed by atoms with Crippen LogP contribution < -0.4 is 10.3 Å². The average Bonchev–Trinajstić information content (AvgIpc) is 2.64. The van der Waals surface area contributed by atoms with Crippen LogP contribution in [0.3, 0.4) is 0 Å². The molecule has 1 aromatic heterocycles. The molecule has 2 aromatic rings. The topological polar surface area (TPSA) is 88.1 Å². The summed E-state index contributed by atoms with van der Waals surface area (Å²) >= 11 is 0. The van der Waals surface area contributed by atoms with Gasteiger partial charge in [0.1, 0.15) is 11.3 Å². The van der Waals surface area contributed by atoms with E-state index in [9.17, 15) is 9.90 Å². The maximum atomic E-state index is 13.2. The minimum Gasteiger partial charge on any atom is -0.504 e. The van der Waals surface area contributed by atoms with Gasteiger partial charge < -0.3 is 9.84 Å². The largest absolute Gasteiger partial charge is 0.504 e. The van der Waals surface area contributed by atoms with Gasteiger partial charge in [-0.25, -0.2) is 4.98 Å². The van der Waals surface area contributed by atoms with Crippen LogP contribution >= 0.6 is 0 Å². The Morgan fingerprint density at radius 1 is 1.46 bits per heavy atom. The highest BCUT2D eigenvalue weighted by molar-refractivity contribution is 5.86. The number of nitriles is 1. The Morgan fingerprint density at radius 2 is 2.23 bits per heavy atom. The molecule has 0 amide bonds. The summed E-state index contributed by atoms with van der Waals surface area (Å²) in [7, 11) is 0. The summed E-state index contributed by atoms with van der Waals surface area (Å²) in [6, 6.07) is 4.95. The number of aromatic hydroxyl groups is 1. The fraction of sp³-hybridized carbons (Fsp3) is 0.350. The molecular weight excluding hydrogens is 330 g/mol. The first-order valence-electron chi connectivity index (χ1n) is 8.67. The zero-order valence-electron chi connectivity index (χ0n) is 15.1. The molecule has 1 aliphatic rings. The lowest BCUT2D eigenvalue weighted by Gasteiger charge is -2.23. The van der Waals surface area contributed by atoms with E-state index < -0.39 is 0 Å². The molecule has 1 heterocycles. The summed E-state index contributed by atoms with van der Waals surface area (Å²) in [6.07, 6.45) is 5.98. The van der Waals surface area contributed by atoms with E-state index in [4.69, 9.17) is 10.00 Å². The Balaban J connectivity index is 2.26. The van der Waals surface area contributed by atoms with E-state index in [-0.39, 0.29) is 29.0 Å². The van der Waals surface area contributed by atoms with Gasteiger partial charge in [0.2, 0.25) is 0 Å². The van der Waals surface area contributed by atoms with Gasteiger partial charge in [0.25, 0.3) is 5.56 Å². The highest BCUT2D eigenvalue weighted by atomic mass is 16.5. The SMILES string of the molecule is CCOc1c(O)ccc2c(=O)n(C3C=CC(C#N)=CC3)c(C(C)C)nc12. The van der Waals surface area contributed by atoms with Gasteiger partial charge in [-0.2, -0.15) is 5.26 Å². The zero-order valence-corrected chi connectivity index (χ0v) is 15.1. The summed E-state index contributed by atoms with van der Waals surface area (Å²) in [4.78, 5) is 17.9. The smallest absolute Gasteiger partial charge is 0.262 e. The summed E-state index contributed by atoms with van der Waals surface area (Å²) < 4.78 is 7.21. The lowest BCUT2D eigenvalue weighted by molar-refractivity contribution is 0.321. The third kappa shape index (κ3) is 2.97. The minimum atomic E-state index is -0.196. The van der Waals surface area contributed by atoms with Crippen LogP contribution in [0.5, 0.6) is 11.5 Å². The number of fused-ring (bicyclic) bond motifs is 1. The van der Waals surface area contributed by atoms with E-state index in [1.807, 2.05) is 32.9 Å². The van der Waals surface area contributed by atoms with Gasteiger partial charge in [-0.05, 0) is 31.6 Å². The van der Waals surface area contributed by atoms with Gasteiger partial charge >= 0.3 is 0 Å². The Kier molecular flexibility index (Phi) is 4.81. The number of allylic oxidation sites excluding steroid dienone is 4. The second kappa shape index (κ2) is 7.04. The average molecular weight is 351 g/mol. The lowest BCUT2D eigenvalue weighted by atomic mass is 10.0. The van der Waals surface area contributed by atoms with E-state index >= 15 is 0 Å². The standard InChI is InChI=1S/C20H21N3O3/c1-4-26-18-16(24)10-9-15-17(18)22-19(12(2)3)23(20(15)25)14-7-5-13(11-21)6-8-14/h5-7,9-10,12,14,24H,4,8H2,1-3H3. The van der Waals surface area contributed by atoms with Crippen molar-refractivity contribution < 1.29 is 9.84 Å². The number of ether oxygens (including phenoxy) is 1. The molecule has 134 valence electrons. The van der Waals surface area contributed by atoms with Gasteiger partial charge in [-0.1, -0.05) is 26.0 Å². The van der Waals surface area contributed by atoms with Crippen molar-refractivity contribution in [1.82, 2.24) is 9.55 Å². The monoisotopic (exact) mass is 351 g/mol. The molecule has 0 saturated heterocycles. The van der Waals surface area contributed by atoms with Crippen molar-refractivity contribution in [2.75, 3.05) is 6.61 Å². The van der Waals surface area contributed by atoms with Crippen molar-refractivity contribution in [3.8, 4) is 17.6 Å². The van der Waals surface area contributed by atoms with Crippen molar-refractivity contribution >= 4 is 10.9 Å². The predicted octanol–water partition coefficient (Wildman–Crippen LogP) is 3.58. The van der Waals surface area contributed by atoms with Crippen LogP contribution in [0.4, 0.5) is 0 Å². The number of phenols is 1. The molecule has 0 saturated carbocycles. The number of benzene rings is 1. The van der Waals surface area contributed by atoms with Gasteiger partial charge in [-0.3, -0.25) is 9.36 Å². The van der Waals surface area contributed by atoms with Crippen LogP contribution in [0, 0.1) is 11.3 Å². The number of hydrogen-bond acceptors (Lipinski definition) is 5. The van der Waals surface area contributed by atoms with Gasteiger partial charge in [0.15, 0.2) is 11.5 Å². The number of hydrogen-bond donors (Lipinski definition) is 1. The van der Waals surface area contributed by atoms with Crippen molar-refractivity contribution in [3.05, 3.63) is 52.1 Å². The molecule has 1 atom stereocenters. The van der Waals surface area contributed by atoms with Crippen LogP contribution in [0.15, 0.2) is 40.7 Å². The lowest BCUT2D eigenvalue weighted by Crippen LogP contribution is -2.29. The van der Waals surface area contributed by atoms with Crippen LogP contribution in [-0.4, -0.2) is 21.3 Å². The van der Waals surface area contributed by atoms with Crippen molar-refractivity contribution in [2.24, 2.45) is 0 Å². The van der Waals surface area contributed by atoms with E-state index in [0.717, 1.165) is 0 Å². The Morgan fingerprint density at radius 3 is 2.81 bits per heavy atom. The minimum absolute atomic E-state index is 0.00123. The molecule has 1 N–H and O–H groups in total. The molecule has 1 unspecified atom stereocenters. The van der Waals surface area contributed by atoms with Crippen LogP contribution in [0.2, 0.25) is 0 Å². The number of nitrogens with zero attached hydrogens (tertiary/aromatic N) is 3. The fourth-order valence-electron chi connectivity index (χ4n) is 3.14. The zero-order chi connectivity index (χ0) is 18.8. The number of phenolic OH excluding ortho intramolecular Hbond substituents is 1. The first kappa shape index (κ1) is 17.7. The molecule has 1 aliphatic carbocycles. The summed E-state index contributed by atoms with van der Waals surface area (Å²) in [5.41, 5.74) is 0.797. The maximum absolute atomic E-state index is 13.2. The third-order valence-electron chi connectivity index (χ3n) is 4.38. The van der Waals surface area contributed by atoms with Crippen LogP contribution in [0.1, 0.15) is 45.0 Å². The highest BCUT2D eigenvalue weighted by Gasteiger charge is 2.23. The van der Waals surface area contributed by atoms with E-state index in [1.54, 1.807) is 16.7 Å². The molecule has 26 heavy (non-hydrogen) atoms. The molecular formula is C20H21N3O3. The molecule has 6 nitrogen and oxygen atoms in total. The predicted molar refractivity (Wildman–Crippen MR) is 99.4 cm³/mol. The van der Waals surface area contributed by atoms with Crippen molar-refractivity contribution in [2.45, 2.75) is 39.2 Å². The van der Waals surface area contributed by atoms with Crippen molar-refractivity contribution in [3.63, 3.8) is 0 Å². The first-order valence-corrected chi connectivity index (χ1v) is 8.67. The Hall–Kier alpha value is -3.07. The molecule has 6 heteroatoms. The first-order chi connectivity index (χ1) is 12.5. The number of aromatic nitrogens is 2. The van der Waals surface area contributed by atoms with Gasteiger partial charge in [0, 0.05) is 11.5 Å². The molecule has 0 spiro atoms. The van der Waals surface area contributed by atoms with E-state index in [2.05, 4.69) is 11.1 Å². The van der Waals surface area contributed by atoms with Crippen molar-refractivity contribution in [1.29, 1.82) is 5.26 Å². The highest BCUT2D eigenvalue weighted by Crippen LogP contribution is 2.34. The normalized spacial score (nSPS) is 16.6. The van der Waals surface area contributed by atoms with Gasteiger partial charge in [-0.15, -0.1) is 0 Å².